The molecule has 2 heterocycles. The first-order valence-electron chi connectivity index (χ1n) is 9.58. The highest BCUT2D eigenvalue weighted by Gasteiger charge is 2.45. The van der Waals surface area contributed by atoms with Crippen LogP contribution in [0, 0.1) is 13.8 Å². The van der Waals surface area contributed by atoms with Gasteiger partial charge in [-0.25, -0.2) is 0 Å². The van der Waals surface area contributed by atoms with Gasteiger partial charge in [0.1, 0.15) is 5.69 Å². The second kappa shape index (κ2) is 7.09. The quantitative estimate of drug-likeness (QED) is 0.659. The van der Waals surface area contributed by atoms with Crippen LogP contribution in [0.4, 0.5) is 0 Å². The summed E-state index contributed by atoms with van der Waals surface area (Å²) in [6, 6.07) is 9.66. The van der Waals surface area contributed by atoms with E-state index in [1.165, 1.54) is 0 Å². The third kappa shape index (κ3) is 3.22. The number of aromatic amines is 1. The molecule has 1 aromatic carbocycles. The number of nitrogens with zero attached hydrogens (tertiary/aromatic N) is 3. The van der Waals surface area contributed by atoms with Gasteiger partial charge in [0.05, 0.1) is 11.4 Å². The zero-order valence-electron chi connectivity index (χ0n) is 16.3. The van der Waals surface area contributed by atoms with Gasteiger partial charge in [-0.15, -0.1) is 0 Å². The molecule has 7 heteroatoms. The zero-order chi connectivity index (χ0) is 19.9. The first-order chi connectivity index (χ1) is 13.4. The largest absolute Gasteiger partial charge is 0.350 e. The van der Waals surface area contributed by atoms with Crippen LogP contribution in [0.5, 0.6) is 0 Å². The molecule has 0 aliphatic heterocycles. The van der Waals surface area contributed by atoms with Crippen LogP contribution < -0.4 is 5.32 Å². The number of amides is 1. The van der Waals surface area contributed by atoms with Crippen LogP contribution in [0.2, 0.25) is 5.02 Å². The molecule has 1 amide bonds. The number of hydrogen-bond acceptors (Lipinski definition) is 3. The number of halogens is 1. The number of hydrogen-bond donors (Lipinski definition) is 2. The molecule has 1 saturated carbocycles. The highest BCUT2D eigenvalue weighted by molar-refractivity contribution is 6.31. The Hall–Kier alpha value is -2.60. The van der Waals surface area contributed by atoms with E-state index in [4.69, 9.17) is 11.6 Å². The summed E-state index contributed by atoms with van der Waals surface area (Å²) < 4.78 is 1.94. The molecule has 1 aliphatic rings. The van der Waals surface area contributed by atoms with E-state index in [9.17, 15) is 4.79 Å². The minimum atomic E-state index is -0.157. The first-order valence-corrected chi connectivity index (χ1v) is 9.96. The number of H-pyrrole nitrogens is 1. The monoisotopic (exact) mass is 397 g/mol. The number of benzene rings is 1. The van der Waals surface area contributed by atoms with Gasteiger partial charge in [0.2, 0.25) is 0 Å². The van der Waals surface area contributed by atoms with E-state index >= 15 is 0 Å². The molecule has 28 heavy (non-hydrogen) atoms. The van der Waals surface area contributed by atoms with E-state index < -0.39 is 0 Å². The summed E-state index contributed by atoms with van der Waals surface area (Å²) in [6.07, 6.45) is 2.06. The Labute approximate surface area is 169 Å². The minimum Gasteiger partial charge on any atom is -0.350 e. The SMILES string of the molecule is CCn1nc(C)c(-c2cc(C(=O)NCC3(c4ccccc4Cl)CC3)[nH]n2)c1C. The summed E-state index contributed by atoms with van der Waals surface area (Å²) in [4.78, 5) is 12.7. The maximum atomic E-state index is 12.7. The van der Waals surface area contributed by atoms with Crippen molar-refractivity contribution in [2.75, 3.05) is 6.54 Å². The van der Waals surface area contributed by atoms with E-state index in [0.29, 0.717) is 12.2 Å². The molecule has 2 N–H and O–H groups in total. The Bertz CT molecular complexity index is 1030. The van der Waals surface area contributed by atoms with Crippen LogP contribution in [0.15, 0.2) is 30.3 Å². The standard InChI is InChI=1S/C21H24ClN5O/c1-4-27-14(3)19(13(2)26-27)17-11-18(25-24-17)20(28)23-12-21(9-10-21)15-7-5-6-8-16(15)22/h5-8,11H,4,9-10,12H2,1-3H3,(H,23,28)(H,24,25). The van der Waals surface area contributed by atoms with E-state index in [1.54, 1.807) is 6.07 Å². The van der Waals surface area contributed by atoms with E-state index in [2.05, 4.69) is 27.5 Å². The molecule has 0 bridgehead atoms. The van der Waals surface area contributed by atoms with Gasteiger partial charge in [0.15, 0.2) is 0 Å². The normalized spacial score (nSPS) is 14.9. The Balaban J connectivity index is 1.49. The lowest BCUT2D eigenvalue weighted by Crippen LogP contribution is -2.32. The Morgan fingerprint density at radius 1 is 1.32 bits per heavy atom. The lowest BCUT2D eigenvalue weighted by Gasteiger charge is -2.17. The fraction of sp³-hybridized carbons (Fsp3) is 0.381. The highest BCUT2D eigenvalue weighted by Crippen LogP contribution is 2.49. The van der Waals surface area contributed by atoms with Crippen molar-refractivity contribution in [1.29, 1.82) is 0 Å². The van der Waals surface area contributed by atoms with Gasteiger partial charge in [0.25, 0.3) is 5.91 Å². The smallest absolute Gasteiger partial charge is 0.269 e. The minimum absolute atomic E-state index is 0.0493. The Kier molecular flexibility index (Phi) is 4.75. The summed E-state index contributed by atoms with van der Waals surface area (Å²) >= 11 is 6.36. The van der Waals surface area contributed by atoms with Crippen LogP contribution in [0.25, 0.3) is 11.3 Å². The number of nitrogens with one attached hydrogen (secondary N) is 2. The van der Waals surface area contributed by atoms with Crippen LogP contribution in [-0.4, -0.2) is 32.4 Å². The Morgan fingerprint density at radius 2 is 2.07 bits per heavy atom. The average molecular weight is 398 g/mol. The maximum Gasteiger partial charge on any atom is 0.269 e. The van der Waals surface area contributed by atoms with Gasteiger partial charge in [-0.3, -0.25) is 14.6 Å². The second-order valence-electron chi connectivity index (χ2n) is 7.47. The summed E-state index contributed by atoms with van der Waals surface area (Å²) in [7, 11) is 0. The van der Waals surface area contributed by atoms with E-state index in [-0.39, 0.29) is 11.3 Å². The van der Waals surface area contributed by atoms with Crippen molar-refractivity contribution in [2.24, 2.45) is 0 Å². The van der Waals surface area contributed by atoms with Gasteiger partial charge in [-0.05, 0) is 51.3 Å². The van der Waals surface area contributed by atoms with Crippen molar-refractivity contribution in [3.8, 4) is 11.3 Å². The first kappa shape index (κ1) is 18.7. The molecule has 0 atom stereocenters. The number of carbonyl (C=O) groups excluding carboxylic acids is 1. The highest BCUT2D eigenvalue weighted by atomic mass is 35.5. The van der Waals surface area contributed by atoms with Gasteiger partial charge in [-0.1, -0.05) is 29.8 Å². The molecule has 0 saturated heterocycles. The molecule has 2 aromatic heterocycles. The molecule has 4 rings (SSSR count). The number of rotatable bonds is 6. The fourth-order valence-corrected chi connectivity index (χ4v) is 4.21. The molecule has 0 radical (unpaired) electrons. The van der Waals surface area contributed by atoms with Crippen molar-refractivity contribution in [3.05, 3.63) is 58.0 Å². The predicted molar refractivity (Wildman–Crippen MR) is 110 cm³/mol. The van der Waals surface area contributed by atoms with Crippen molar-refractivity contribution >= 4 is 17.5 Å². The van der Waals surface area contributed by atoms with Gasteiger partial charge in [-0.2, -0.15) is 10.2 Å². The van der Waals surface area contributed by atoms with Gasteiger partial charge < -0.3 is 5.32 Å². The zero-order valence-corrected chi connectivity index (χ0v) is 17.1. The molecule has 1 aliphatic carbocycles. The predicted octanol–water partition coefficient (Wildman–Crippen LogP) is 4.02. The fourth-order valence-electron chi connectivity index (χ4n) is 3.87. The molecular formula is C21H24ClN5O. The number of aromatic nitrogens is 4. The molecule has 3 aromatic rings. The van der Waals surface area contributed by atoms with Crippen LogP contribution in [0.3, 0.4) is 0 Å². The molecule has 6 nitrogen and oxygen atoms in total. The molecule has 1 fully saturated rings. The topological polar surface area (TPSA) is 75.6 Å². The molecule has 0 unspecified atom stereocenters. The van der Waals surface area contributed by atoms with Gasteiger partial charge >= 0.3 is 0 Å². The molecular weight excluding hydrogens is 374 g/mol. The van der Waals surface area contributed by atoms with Crippen molar-refractivity contribution in [2.45, 2.75) is 45.6 Å². The number of carbonyl (C=O) groups is 1. The number of aryl methyl sites for hydroxylation is 2. The lowest BCUT2D eigenvalue weighted by molar-refractivity contribution is 0.0944. The molecule has 0 spiro atoms. The summed E-state index contributed by atoms with van der Waals surface area (Å²) in [5.74, 6) is -0.157. The van der Waals surface area contributed by atoms with Crippen LogP contribution in [0.1, 0.15) is 47.2 Å². The van der Waals surface area contributed by atoms with Crippen molar-refractivity contribution < 1.29 is 4.79 Å². The van der Waals surface area contributed by atoms with Crippen LogP contribution in [-0.2, 0) is 12.0 Å². The lowest BCUT2D eigenvalue weighted by atomic mass is 9.96. The van der Waals surface area contributed by atoms with Crippen molar-refractivity contribution in [3.63, 3.8) is 0 Å². The van der Waals surface area contributed by atoms with Crippen LogP contribution >= 0.6 is 11.6 Å². The summed E-state index contributed by atoms with van der Waals surface area (Å²) in [5.41, 5.74) is 5.20. The van der Waals surface area contributed by atoms with Crippen molar-refractivity contribution in [1.82, 2.24) is 25.3 Å². The third-order valence-electron chi connectivity index (χ3n) is 5.65. The van der Waals surface area contributed by atoms with Gasteiger partial charge in [0, 0.05) is 34.8 Å². The summed E-state index contributed by atoms with van der Waals surface area (Å²) in [5, 5.41) is 15.6. The summed E-state index contributed by atoms with van der Waals surface area (Å²) in [6.45, 7) is 7.40. The van der Waals surface area contributed by atoms with E-state index in [0.717, 1.165) is 52.6 Å². The Morgan fingerprint density at radius 3 is 2.71 bits per heavy atom. The van der Waals surface area contributed by atoms with E-state index in [1.807, 2.05) is 42.8 Å². The maximum absolute atomic E-state index is 12.7. The molecule has 146 valence electrons. The third-order valence-corrected chi connectivity index (χ3v) is 5.98. The average Bonchev–Trinajstić information content (AvgIpc) is 3.21. The second-order valence-corrected chi connectivity index (χ2v) is 7.88.